The monoisotopic (exact) mass is 270 g/mol. The van der Waals surface area contributed by atoms with E-state index in [1.807, 2.05) is 14.7 Å². The number of hydrogen-bond acceptors (Lipinski definition) is 4. The van der Waals surface area contributed by atoms with E-state index in [0.29, 0.717) is 26.2 Å². The molecule has 2 aliphatic rings. The van der Waals surface area contributed by atoms with Crippen LogP contribution in [0.15, 0.2) is 0 Å². The second kappa shape index (κ2) is 6.72. The second-order valence-corrected chi connectivity index (χ2v) is 5.03. The SMILES string of the molecule is O=C(O)CN1CCN(C(=O)N2CCCNCC2)CC1. The number of aliphatic carboxylic acids is 1. The molecule has 0 spiro atoms. The van der Waals surface area contributed by atoms with Crippen molar-refractivity contribution in [2.24, 2.45) is 0 Å². The Morgan fingerprint density at radius 1 is 0.947 bits per heavy atom. The highest BCUT2D eigenvalue weighted by Gasteiger charge is 2.26. The molecule has 19 heavy (non-hydrogen) atoms. The second-order valence-electron chi connectivity index (χ2n) is 5.03. The maximum atomic E-state index is 12.3. The highest BCUT2D eigenvalue weighted by Crippen LogP contribution is 2.07. The number of nitrogens with zero attached hydrogens (tertiary/aromatic N) is 3. The van der Waals surface area contributed by atoms with Gasteiger partial charge >= 0.3 is 12.0 Å². The van der Waals surface area contributed by atoms with Crippen molar-refractivity contribution in [1.82, 2.24) is 20.0 Å². The molecular formula is C12H22N4O3. The van der Waals surface area contributed by atoms with Gasteiger partial charge < -0.3 is 20.2 Å². The Bertz CT molecular complexity index is 321. The molecule has 2 N–H and O–H groups in total. The van der Waals surface area contributed by atoms with E-state index in [9.17, 15) is 9.59 Å². The van der Waals surface area contributed by atoms with Crippen LogP contribution in [0.1, 0.15) is 6.42 Å². The summed E-state index contributed by atoms with van der Waals surface area (Å²) >= 11 is 0. The summed E-state index contributed by atoms with van der Waals surface area (Å²) in [5, 5.41) is 12.0. The van der Waals surface area contributed by atoms with Crippen LogP contribution in [-0.4, -0.2) is 90.7 Å². The normalized spacial score (nSPS) is 22.1. The molecule has 0 bridgehead atoms. The zero-order valence-electron chi connectivity index (χ0n) is 11.2. The molecule has 0 aromatic carbocycles. The highest BCUT2D eigenvalue weighted by atomic mass is 16.4. The molecule has 0 unspecified atom stereocenters. The number of carboxylic acid groups (broad SMARTS) is 1. The van der Waals surface area contributed by atoms with Gasteiger partial charge in [-0.15, -0.1) is 0 Å². The van der Waals surface area contributed by atoms with Gasteiger partial charge in [-0.2, -0.15) is 0 Å². The number of carbonyl (C=O) groups excluding carboxylic acids is 1. The molecule has 2 saturated heterocycles. The van der Waals surface area contributed by atoms with Gasteiger partial charge in [-0.05, 0) is 13.0 Å². The fourth-order valence-electron chi connectivity index (χ4n) is 2.53. The largest absolute Gasteiger partial charge is 0.480 e. The van der Waals surface area contributed by atoms with Gasteiger partial charge in [0.15, 0.2) is 0 Å². The van der Waals surface area contributed by atoms with Crippen LogP contribution in [0.2, 0.25) is 0 Å². The molecule has 0 aliphatic carbocycles. The van der Waals surface area contributed by atoms with Crippen LogP contribution < -0.4 is 5.32 Å². The van der Waals surface area contributed by atoms with Crippen molar-refractivity contribution >= 4 is 12.0 Å². The standard InChI is InChI=1S/C12H22N4O3/c17-11(18)10-14-6-8-16(9-7-14)12(19)15-4-1-2-13-3-5-15/h13H,1-10H2,(H,17,18). The first-order chi connectivity index (χ1) is 9.16. The summed E-state index contributed by atoms with van der Waals surface area (Å²) in [5.41, 5.74) is 0. The number of hydrogen-bond donors (Lipinski definition) is 2. The van der Waals surface area contributed by atoms with Crippen molar-refractivity contribution in [3.63, 3.8) is 0 Å². The molecule has 2 amide bonds. The predicted molar refractivity (Wildman–Crippen MR) is 70.1 cm³/mol. The highest BCUT2D eigenvalue weighted by molar-refractivity contribution is 5.74. The lowest BCUT2D eigenvalue weighted by molar-refractivity contribution is -0.138. The minimum atomic E-state index is -0.807. The molecule has 108 valence electrons. The number of piperazine rings is 1. The average molecular weight is 270 g/mol. The minimum Gasteiger partial charge on any atom is -0.480 e. The van der Waals surface area contributed by atoms with Crippen LogP contribution in [-0.2, 0) is 4.79 Å². The van der Waals surface area contributed by atoms with E-state index in [1.54, 1.807) is 0 Å². The number of rotatable bonds is 2. The molecular weight excluding hydrogens is 248 g/mol. The van der Waals surface area contributed by atoms with Gasteiger partial charge in [0.25, 0.3) is 0 Å². The fraction of sp³-hybridized carbons (Fsp3) is 0.833. The Balaban J connectivity index is 1.79. The van der Waals surface area contributed by atoms with Crippen molar-refractivity contribution in [1.29, 1.82) is 0 Å². The Morgan fingerprint density at radius 2 is 1.63 bits per heavy atom. The lowest BCUT2D eigenvalue weighted by atomic mass is 10.3. The van der Waals surface area contributed by atoms with Crippen molar-refractivity contribution in [3.05, 3.63) is 0 Å². The van der Waals surface area contributed by atoms with Gasteiger partial charge in [0, 0.05) is 45.8 Å². The van der Waals surface area contributed by atoms with E-state index < -0.39 is 5.97 Å². The molecule has 2 rings (SSSR count). The van der Waals surface area contributed by atoms with Crippen LogP contribution in [0.25, 0.3) is 0 Å². The first-order valence-electron chi connectivity index (χ1n) is 6.85. The van der Waals surface area contributed by atoms with E-state index in [4.69, 9.17) is 5.11 Å². The molecule has 0 atom stereocenters. The third kappa shape index (κ3) is 4.07. The van der Waals surface area contributed by atoms with Gasteiger partial charge in [-0.3, -0.25) is 9.69 Å². The first kappa shape index (κ1) is 14.1. The Kier molecular flexibility index (Phi) is 4.98. The number of urea groups is 1. The topological polar surface area (TPSA) is 76.1 Å². The zero-order valence-corrected chi connectivity index (χ0v) is 11.2. The maximum absolute atomic E-state index is 12.3. The smallest absolute Gasteiger partial charge is 0.320 e. The number of carboxylic acids is 1. The summed E-state index contributed by atoms with van der Waals surface area (Å²) in [6, 6.07) is 0.0960. The summed E-state index contributed by atoms with van der Waals surface area (Å²) in [4.78, 5) is 28.6. The molecule has 0 aromatic heterocycles. The van der Waals surface area contributed by atoms with E-state index in [-0.39, 0.29) is 12.6 Å². The summed E-state index contributed by atoms with van der Waals surface area (Å²) in [6.45, 7) is 5.98. The lowest BCUT2D eigenvalue weighted by Gasteiger charge is -2.36. The third-order valence-electron chi connectivity index (χ3n) is 3.61. The van der Waals surface area contributed by atoms with E-state index in [0.717, 1.165) is 32.6 Å². The van der Waals surface area contributed by atoms with Crippen LogP contribution in [0.5, 0.6) is 0 Å². The van der Waals surface area contributed by atoms with Gasteiger partial charge in [0.05, 0.1) is 6.54 Å². The van der Waals surface area contributed by atoms with Crippen molar-refractivity contribution in [2.75, 3.05) is 58.9 Å². The van der Waals surface area contributed by atoms with Crippen LogP contribution in [0, 0.1) is 0 Å². The van der Waals surface area contributed by atoms with Crippen LogP contribution in [0.3, 0.4) is 0 Å². The fourth-order valence-corrected chi connectivity index (χ4v) is 2.53. The number of amides is 2. The van der Waals surface area contributed by atoms with Crippen LogP contribution >= 0.6 is 0 Å². The van der Waals surface area contributed by atoms with E-state index >= 15 is 0 Å². The quantitative estimate of drug-likeness (QED) is 0.680. The van der Waals surface area contributed by atoms with Crippen molar-refractivity contribution < 1.29 is 14.7 Å². The zero-order chi connectivity index (χ0) is 13.7. The van der Waals surface area contributed by atoms with Crippen molar-refractivity contribution in [2.45, 2.75) is 6.42 Å². The Morgan fingerprint density at radius 3 is 2.32 bits per heavy atom. The lowest BCUT2D eigenvalue weighted by Crippen LogP contribution is -2.54. The van der Waals surface area contributed by atoms with Gasteiger partial charge in [0.1, 0.15) is 0 Å². The molecule has 7 nitrogen and oxygen atoms in total. The molecule has 7 heteroatoms. The van der Waals surface area contributed by atoms with E-state index in [2.05, 4.69) is 5.32 Å². The van der Waals surface area contributed by atoms with Gasteiger partial charge in [-0.1, -0.05) is 0 Å². The Labute approximate surface area is 113 Å². The van der Waals surface area contributed by atoms with Crippen LogP contribution in [0.4, 0.5) is 4.79 Å². The number of carbonyl (C=O) groups is 2. The molecule has 0 saturated carbocycles. The first-order valence-corrected chi connectivity index (χ1v) is 6.85. The van der Waals surface area contributed by atoms with Gasteiger partial charge in [0.2, 0.25) is 0 Å². The average Bonchev–Trinajstić information content (AvgIpc) is 2.67. The Hall–Kier alpha value is -1.34. The molecule has 2 fully saturated rings. The predicted octanol–water partition coefficient (Wildman–Crippen LogP) is -0.896. The summed E-state index contributed by atoms with van der Waals surface area (Å²) in [5.74, 6) is -0.807. The summed E-state index contributed by atoms with van der Waals surface area (Å²) in [7, 11) is 0. The third-order valence-corrected chi connectivity index (χ3v) is 3.61. The summed E-state index contributed by atoms with van der Waals surface area (Å²) < 4.78 is 0. The van der Waals surface area contributed by atoms with Gasteiger partial charge in [-0.25, -0.2) is 4.79 Å². The number of nitrogens with one attached hydrogen (secondary N) is 1. The molecule has 2 heterocycles. The molecule has 0 aromatic rings. The maximum Gasteiger partial charge on any atom is 0.320 e. The minimum absolute atomic E-state index is 0.0651. The molecule has 2 aliphatic heterocycles. The molecule has 0 radical (unpaired) electrons. The van der Waals surface area contributed by atoms with E-state index in [1.165, 1.54) is 0 Å². The van der Waals surface area contributed by atoms with Crippen molar-refractivity contribution in [3.8, 4) is 0 Å². The summed E-state index contributed by atoms with van der Waals surface area (Å²) in [6.07, 6.45) is 0.991.